The van der Waals surface area contributed by atoms with Crippen molar-refractivity contribution in [1.82, 2.24) is 5.32 Å². The monoisotopic (exact) mass is 235 g/mol. The molecule has 1 aromatic rings. The average Bonchev–Trinajstić information content (AvgIpc) is 2.64. The van der Waals surface area contributed by atoms with E-state index in [1.165, 1.54) is 5.56 Å². The SMILES string of the molecule is CC(N)Cc1cccc(N2CCNC2=S)c1. The van der Waals surface area contributed by atoms with E-state index in [9.17, 15) is 0 Å². The highest BCUT2D eigenvalue weighted by Crippen LogP contribution is 2.18. The first-order valence-corrected chi connectivity index (χ1v) is 5.97. The van der Waals surface area contributed by atoms with E-state index in [-0.39, 0.29) is 6.04 Å². The smallest absolute Gasteiger partial charge is 0.173 e. The molecule has 1 fully saturated rings. The van der Waals surface area contributed by atoms with Crippen LogP contribution in [0.4, 0.5) is 5.69 Å². The first kappa shape index (κ1) is 11.4. The quantitative estimate of drug-likeness (QED) is 0.774. The highest BCUT2D eigenvalue weighted by atomic mass is 32.1. The number of thiocarbonyl (C=S) groups is 1. The zero-order valence-electron chi connectivity index (χ0n) is 9.44. The molecule has 0 saturated carbocycles. The van der Waals surface area contributed by atoms with Crippen molar-refractivity contribution in [2.75, 3.05) is 18.0 Å². The summed E-state index contributed by atoms with van der Waals surface area (Å²) in [6.45, 7) is 3.89. The molecule has 1 saturated heterocycles. The Morgan fingerprint density at radius 1 is 1.56 bits per heavy atom. The molecule has 0 bridgehead atoms. The summed E-state index contributed by atoms with van der Waals surface area (Å²) in [5.41, 5.74) is 8.23. The van der Waals surface area contributed by atoms with Gasteiger partial charge >= 0.3 is 0 Å². The Morgan fingerprint density at radius 2 is 2.38 bits per heavy atom. The lowest BCUT2D eigenvalue weighted by Crippen LogP contribution is -2.27. The summed E-state index contributed by atoms with van der Waals surface area (Å²) < 4.78 is 0. The third-order valence-corrected chi connectivity index (χ3v) is 3.00. The molecular formula is C12H17N3S. The average molecular weight is 235 g/mol. The first-order valence-electron chi connectivity index (χ1n) is 5.56. The van der Waals surface area contributed by atoms with Gasteiger partial charge in [-0.25, -0.2) is 0 Å². The molecule has 4 heteroatoms. The predicted octanol–water partition coefficient (Wildman–Crippen LogP) is 1.27. The van der Waals surface area contributed by atoms with Crippen LogP contribution in [0.25, 0.3) is 0 Å². The Bertz CT molecular complexity index is 390. The van der Waals surface area contributed by atoms with E-state index >= 15 is 0 Å². The number of rotatable bonds is 3. The normalized spacial score (nSPS) is 17.4. The Morgan fingerprint density at radius 3 is 3.00 bits per heavy atom. The standard InChI is InChI=1S/C12H17N3S/c1-9(13)7-10-3-2-4-11(8-10)15-6-5-14-12(15)16/h2-4,8-9H,5-7,13H2,1H3,(H,14,16). The maximum Gasteiger partial charge on any atom is 0.173 e. The fraction of sp³-hybridized carbons (Fsp3) is 0.417. The Kier molecular flexibility index (Phi) is 3.41. The third-order valence-electron chi connectivity index (χ3n) is 2.64. The van der Waals surface area contributed by atoms with Gasteiger partial charge in [0.2, 0.25) is 0 Å². The number of nitrogens with zero attached hydrogens (tertiary/aromatic N) is 1. The maximum absolute atomic E-state index is 5.80. The molecule has 1 aliphatic heterocycles. The molecule has 3 N–H and O–H groups in total. The van der Waals surface area contributed by atoms with Gasteiger partial charge < -0.3 is 16.0 Å². The van der Waals surface area contributed by atoms with Gasteiger partial charge in [-0.15, -0.1) is 0 Å². The molecule has 86 valence electrons. The fourth-order valence-corrected chi connectivity index (χ4v) is 2.24. The van der Waals surface area contributed by atoms with E-state index in [0.717, 1.165) is 30.3 Å². The molecule has 0 spiro atoms. The van der Waals surface area contributed by atoms with Crippen LogP contribution in [0.15, 0.2) is 24.3 Å². The second-order valence-corrected chi connectivity index (χ2v) is 4.62. The first-order chi connectivity index (χ1) is 7.66. The van der Waals surface area contributed by atoms with Gasteiger partial charge in [0.15, 0.2) is 5.11 Å². The summed E-state index contributed by atoms with van der Waals surface area (Å²) >= 11 is 5.24. The summed E-state index contributed by atoms with van der Waals surface area (Å²) in [5, 5.41) is 3.98. The van der Waals surface area contributed by atoms with Crippen LogP contribution in [0.1, 0.15) is 12.5 Å². The van der Waals surface area contributed by atoms with E-state index in [2.05, 4.69) is 34.5 Å². The van der Waals surface area contributed by atoms with Crippen molar-refractivity contribution >= 4 is 23.0 Å². The molecule has 0 aromatic heterocycles. The van der Waals surface area contributed by atoms with Crippen LogP contribution in [-0.2, 0) is 6.42 Å². The number of hydrogen-bond acceptors (Lipinski definition) is 2. The van der Waals surface area contributed by atoms with Crippen molar-refractivity contribution in [3.63, 3.8) is 0 Å². The topological polar surface area (TPSA) is 41.3 Å². The molecule has 16 heavy (non-hydrogen) atoms. The minimum atomic E-state index is 0.193. The highest BCUT2D eigenvalue weighted by molar-refractivity contribution is 7.80. The van der Waals surface area contributed by atoms with Gasteiger partial charge in [-0.05, 0) is 43.3 Å². The second kappa shape index (κ2) is 4.80. The largest absolute Gasteiger partial charge is 0.360 e. The van der Waals surface area contributed by atoms with E-state index in [4.69, 9.17) is 18.0 Å². The number of nitrogens with two attached hydrogens (primary N) is 1. The molecule has 1 unspecified atom stereocenters. The van der Waals surface area contributed by atoms with E-state index < -0.39 is 0 Å². The van der Waals surface area contributed by atoms with Gasteiger partial charge in [0.1, 0.15) is 0 Å². The summed E-state index contributed by atoms with van der Waals surface area (Å²) in [4.78, 5) is 2.13. The summed E-state index contributed by atoms with van der Waals surface area (Å²) in [6, 6.07) is 8.62. The number of anilines is 1. The van der Waals surface area contributed by atoms with Crippen LogP contribution in [0.3, 0.4) is 0 Å². The Hall–Kier alpha value is -1.13. The van der Waals surface area contributed by atoms with Crippen molar-refractivity contribution in [1.29, 1.82) is 0 Å². The van der Waals surface area contributed by atoms with Crippen molar-refractivity contribution in [2.24, 2.45) is 5.73 Å². The van der Waals surface area contributed by atoms with Crippen LogP contribution in [0, 0.1) is 0 Å². The third kappa shape index (κ3) is 2.51. The lowest BCUT2D eigenvalue weighted by Gasteiger charge is -2.17. The van der Waals surface area contributed by atoms with Gasteiger partial charge in [0.25, 0.3) is 0 Å². The van der Waals surface area contributed by atoms with Crippen LogP contribution in [0.5, 0.6) is 0 Å². The number of benzene rings is 1. The predicted molar refractivity (Wildman–Crippen MR) is 71.7 cm³/mol. The minimum absolute atomic E-state index is 0.193. The van der Waals surface area contributed by atoms with E-state index in [1.807, 2.05) is 6.92 Å². The molecule has 0 amide bonds. The molecule has 0 radical (unpaired) electrons. The van der Waals surface area contributed by atoms with Crippen molar-refractivity contribution in [3.05, 3.63) is 29.8 Å². The van der Waals surface area contributed by atoms with Gasteiger partial charge in [-0.1, -0.05) is 12.1 Å². The van der Waals surface area contributed by atoms with Crippen LogP contribution < -0.4 is 16.0 Å². The minimum Gasteiger partial charge on any atom is -0.360 e. The number of nitrogens with one attached hydrogen (secondary N) is 1. The lowest BCUT2D eigenvalue weighted by molar-refractivity contribution is 0.738. The molecule has 3 nitrogen and oxygen atoms in total. The molecule has 1 heterocycles. The van der Waals surface area contributed by atoms with Crippen molar-refractivity contribution < 1.29 is 0 Å². The van der Waals surface area contributed by atoms with Gasteiger partial charge in [0, 0.05) is 24.8 Å². The van der Waals surface area contributed by atoms with Crippen LogP contribution in [-0.4, -0.2) is 24.2 Å². The summed E-state index contributed by atoms with van der Waals surface area (Å²) in [7, 11) is 0. The molecule has 1 aliphatic rings. The van der Waals surface area contributed by atoms with Crippen LogP contribution in [0.2, 0.25) is 0 Å². The Labute approximate surface area is 102 Å². The number of hydrogen-bond donors (Lipinski definition) is 2. The molecular weight excluding hydrogens is 218 g/mol. The molecule has 1 atom stereocenters. The Balaban J connectivity index is 2.18. The van der Waals surface area contributed by atoms with E-state index in [1.54, 1.807) is 0 Å². The van der Waals surface area contributed by atoms with Crippen molar-refractivity contribution in [2.45, 2.75) is 19.4 Å². The van der Waals surface area contributed by atoms with E-state index in [0.29, 0.717) is 0 Å². The second-order valence-electron chi connectivity index (χ2n) is 4.23. The van der Waals surface area contributed by atoms with Gasteiger partial charge in [0.05, 0.1) is 0 Å². The van der Waals surface area contributed by atoms with Gasteiger partial charge in [-0.3, -0.25) is 0 Å². The van der Waals surface area contributed by atoms with Crippen molar-refractivity contribution in [3.8, 4) is 0 Å². The summed E-state index contributed by atoms with van der Waals surface area (Å²) in [6.07, 6.45) is 0.905. The highest BCUT2D eigenvalue weighted by Gasteiger charge is 2.17. The van der Waals surface area contributed by atoms with Gasteiger partial charge in [-0.2, -0.15) is 0 Å². The fourth-order valence-electron chi connectivity index (χ4n) is 1.94. The van der Waals surface area contributed by atoms with Crippen LogP contribution >= 0.6 is 12.2 Å². The zero-order valence-corrected chi connectivity index (χ0v) is 10.3. The molecule has 1 aromatic carbocycles. The lowest BCUT2D eigenvalue weighted by atomic mass is 10.1. The molecule has 2 rings (SSSR count). The zero-order chi connectivity index (χ0) is 11.5. The summed E-state index contributed by atoms with van der Waals surface area (Å²) in [5.74, 6) is 0. The molecule has 0 aliphatic carbocycles. The maximum atomic E-state index is 5.80.